The van der Waals surface area contributed by atoms with Crippen molar-refractivity contribution in [2.24, 2.45) is 0 Å². The van der Waals surface area contributed by atoms with Crippen molar-refractivity contribution in [2.75, 3.05) is 0 Å². The molecule has 0 aromatic heterocycles. The lowest BCUT2D eigenvalue weighted by Crippen LogP contribution is -2.35. The molecule has 0 saturated carbocycles. The molecular formula is C20H19FO5. The van der Waals surface area contributed by atoms with Crippen LogP contribution < -0.4 is 0 Å². The number of alkyl halides is 1. The Balaban J connectivity index is 1.67. The highest BCUT2D eigenvalue weighted by atomic mass is 19.1. The molecule has 1 aliphatic heterocycles. The van der Waals surface area contributed by atoms with Gasteiger partial charge in [-0.2, -0.15) is 0 Å². The average Bonchev–Trinajstić information content (AvgIpc) is 2.98. The lowest BCUT2D eigenvalue weighted by molar-refractivity contribution is -0.121. The first-order chi connectivity index (χ1) is 12.6. The largest absolute Gasteiger partial charge is 0.453 e. The molecule has 3 rings (SSSR count). The van der Waals surface area contributed by atoms with E-state index in [9.17, 15) is 14.0 Å². The Bertz CT molecular complexity index is 749. The van der Waals surface area contributed by atoms with Crippen LogP contribution in [0.15, 0.2) is 60.7 Å². The molecule has 1 fully saturated rings. The van der Waals surface area contributed by atoms with Gasteiger partial charge in [-0.1, -0.05) is 43.3 Å². The van der Waals surface area contributed by atoms with Crippen molar-refractivity contribution in [3.63, 3.8) is 0 Å². The fraction of sp³-hybridized carbons (Fsp3) is 0.300. The van der Waals surface area contributed by atoms with Crippen LogP contribution in [0.25, 0.3) is 0 Å². The van der Waals surface area contributed by atoms with E-state index < -0.39 is 36.6 Å². The molecule has 136 valence electrons. The van der Waals surface area contributed by atoms with Gasteiger partial charge in [0.25, 0.3) is 0 Å². The van der Waals surface area contributed by atoms with Gasteiger partial charge < -0.3 is 14.2 Å². The van der Waals surface area contributed by atoms with Gasteiger partial charge in [0.15, 0.2) is 6.10 Å². The minimum Gasteiger partial charge on any atom is -0.453 e. The topological polar surface area (TPSA) is 61.8 Å². The van der Waals surface area contributed by atoms with Gasteiger partial charge in [0, 0.05) is 0 Å². The van der Waals surface area contributed by atoms with Crippen LogP contribution in [0.5, 0.6) is 0 Å². The minimum atomic E-state index is -1.76. The zero-order valence-corrected chi connectivity index (χ0v) is 14.2. The van der Waals surface area contributed by atoms with E-state index in [-0.39, 0.29) is 0 Å². The molecule has 0 amide bonds. The molecule has 0 bridgehead atoms. The molecule has 6 heteroatoms. The van der Waals surface area contributed by atoms with Crippen LogP contribution >= 0.6 is 0 Å². The van der Waals surface area contributed by atoms with Gasteiger partial charge in [-0.05, 0) is 30.7 Å². The molecule has 0 unspecified atom stereocenters. The number of halogens is 1. The lowest BCUT2D eigenvalue weighted by atomic mass is 10.1. The van der Waals surface area contributed by atoms with E-state index in [0.29, 0.717) is 17.5 Å². The van der Waals surface area contributed by atoms with Crippen molar-refractivity contribution in [2.45, 2.75) is 38.0 Å². The number of hydrogen-bond acceptors (Lipinski definition) is 5. The molecule has 0 spiro atoms. The Labute approximate surface area is 150 Å². The van der Waals surface area contributed by atoms with Crippen molar-refractivity contribution in [3.05, 3.63) is 71.8 Å². The molecular weight excluding hydrogens is 339 g/mol. The predicted molar refractivity (Wildman–Crippen MR) is 91.4 cm³/mol. The highest BCUT2D eigenvalue weighted by Gasteiger charge is 2.49. The monoisotopic (exact) mass is 358 g/mol. The highest BCUT2D eigenvalue weighted by molar-refractivity contribution is 5.90. The molecule has 1 aliphatic rings. The second-order valence-electron chi connectivity index (χ2n) is 5.90. The van der Waals surface area contributed by atoms with Gasteiger partial charge in [-0.15, -0.1) is 0 Å². The summed E-state index contributed by atoms with van der Waals surface area (Å²) in [6, 6.07) is 16.6. The van der Waals surface area contributed by atoms with Crippen molar-refractivity contribution < 1.29 is 28.2 Å². The lowest BCUT2D eigenvalue weighted by Gasteiger charge is -2.18. The third kappa shape index (κ3) is 3.91. The van der Waals surface area contributed by atoms with E-state index in [2.05, 4.69) is 0 Å². The number of rotatable bonds is 5. The molecule has 2 aromatic rings. The number of carbonyl (C=O) groups excluding carboxylic acids is 2. The van der Waals surface area contributed by atoms with Crippen LogP contribution in [-0.4, -0.2) is 36.6 Å². The number of ether oxygens (including phenoxy) is 3. The van der Waals surface area contributed by atoms with Crippen LogP contribution in [0.1, 0.15) is 34.1 Å². The van der Waals surface area contributed by atoms with Gasteiger partial charge in [-0.3, -0.25) is 0 Å². The Kier molecular flexibility index (Phi) is 5.63. The Hall–Kier alpha value is -2.73. The van der Waals surface area contributed by atoms with E-state index in [1.165, 1.54) is 0 Å². The van der Waals surface area contributed by atoms with E-state index in [1.54, 1.807) is 67.6 Å². The Morgan fingerprint density at radius 2 is 1.42 bits per heavy atom. The molecule has 0 aliphatic carbocycles. The molecule has 2 aromatic carbocycles. The third-order valence-electron chi connectivity index (χ3n) is 4.14. The highest BCUT2D eigenvalue weighted by Crippen LogP contribution is 2.30. The van der Waals surface area contributed by atoms with Crippen molar-refractivity contribution >= 4 is 11.9 Å². The second kappa shape index (κ2) is 8.10. The van der Waals surface area contributed by atoms with Gasteiger partial charge >= 0.3 is 11.9 Å². The van der Waals surface area contributed by atoms with Gasteiger partial charge in [-0.25, -0.2) is 14.0 Å². The molecule has 1 heterocycles. The molecule has 4 atom stereocenters. The smallest absolute Gasteiger partial charge is 0.340 e. The first-order valence-corrected chi connectivity index (χ1v) is 8.41. The number of carbonyl (C=O) groups is 2. The molecule has 1 saturated heterocycles. The Morgan fingerprint density at radius 3 is 1.92 bits per heavy atom. The average molecular weight is 358 g/mol. The second-order valence-corrected chi connectivity index (χ2v) is 5.90. The summed E-state index contributed by atoms with van der Waals surface area (Å²) in [6.07, 6.45) is -4.60. The SMILES string of the molecule is CC[C@@H]1O[C@@H](OC(=O)c2ccccc2)[C@H](F)[C@H]1OC(=O)c1ccccc1. The first-order valence-electron chi connectivity index (χ1n) is 8.41. The van der Waals surface area contributed by atoms with Crippen LogP contribution in [0.2, 0.25) is 0 Å². The summed E-state index contributed by atoms with van der Waals surface area (Å²) < 4.78 is 30.7. The Morgan fingerprint density at radius 1 is 0.923 bits per heavy atom. The molecule has 26 heavy (non-hydrogen) atoms. The maximum atomic E-state index is 14.8. The van der Waals surface area contributed by atoms with Crippen molar-refractivity contribution in [1.82, 2.24) is 0 Å². The van der Waals surface area contributed by atoms with Crippen LogP contribution in [0.3, 0.4) is 0 Å². The quantitative estimate of drug-likeness (QED) is 0.765. The summed E-state index contributed by atoms with van der Waals surface area (Å²) in [6.45, 7) is 1.78. The fourth-order valence-corrected chi connectivity index (χ4v) is 2.76. The van der Waals surface area contributed by atoms with Crippen LogP contribution in [0, 0.1) is 0 Å². The van der Waals surface area contributed by atoms with Gasteiger partial charge in [0.05, 0.1) is 11.1 Å². The van der Waals surface area contributed by atoms with E-state index in [0.717, 1.165) is 0 Å². The zero-order chi connectivity index (χ0) is 18.5. The summed E-state index contributed by atoms with van der Waals surface area (Å²) in [5, 5.41) is 0. The summed E-state index contributed by atoms with van der Waals surface area (Å²) in [5.74, 6) is -1.33. The minimum absolute atomic E-state index is 0.293. The maximum Gasteiger partial charge on any atom is 0.340 e. The summed E-state index contributed by atoms with van der Waals surface area (Å²) >= 11 is 0. The number of hydrogen-bond donors (Lipinski definition) is 0. The third-order valence-corrected chi connectivity index (χ3v) is 4.14. The molecule has 0 radical (unpaired) electrons. The van der Waals surface area contributed by atoms with E-state index in [1.807, 2.05) is 0 Å². The fourth-order valence-electron chi connectivity index (χ4n) is 2.76. The number of esters is 2. The molecule has 5 nitrogen and oxygen atoms in total. The summed E-state index contributed by atoms with van der Waals surface area (Å²) in [4.78, 5) is 24.3. The van der Waals surface area contributed by atoms with E-state index >= 15 is 0 Å². The summed E-state index contributed by atoms with van der Waals surface area (Å²) in [5.41, 5.74) is 0.611. The first kappa shape index (κ1) is 18.1. The predicted octanol–water partition coefficient (Wildman–Crippen LogP) is 3.54. The van der Waals surface area contributed by atoms with Crippen LogP contribution in [-0.2, 0) is 14.2 Å². The van der Waals surface area contributed by atoms with E-state index in [4.69, 9.17) is 14.2 Å². The zero-order valence-electron chi connectivity index (χ0n) is 14.2. The number of benzene rings is 2. The van der Waals surface area contributed by atoms with Gasteiger partial charge in [0.1, 0.15) is 6.10 Å². The van der Waals surface area contributed by atoms with Crippen LogP contribution in [0.4, 0.5) is 4.39 Å². The van der Waals surface area contributed by atoms with Gasteiger partial charge in [0.2, 0.25) is 12.5 Å². The van der Waals surface area contributed by atoms with Crippen molar-refractivity contribution in [1.29, 1.82) is 0 Å². The van der Waals surface area contributed by atoms with Crippen molar-refractivity contribution in [3.8, 4) is 0 Å². The summed E-state index contributed by atoms with van der Waals surface area (Å²) in [7, 11) is 0. The normalized spacial score (nSPS) is 24.8. The molecule has 0 N–H and O–H groups in total. The maximum absolute atomic E-state index is 14.8. The standard InChI is InChI=1S/C20H19FO5/c1-2-15-17(25-18(22)13-9-5-3-6-10-13)16(21)20(24-15)26-19(23)14-11-7-4-8-12-14/h3-12,15-17,20H,2H2,1H3/t15-,16+,17-,20-/m0/s1.